The van der Waals surface area contributed by atoms with Crippen LogP contribution in [0, 0.1) is 12.3 Å². The van der Waals surface area contributed by atoms with E-state index in [-0.39, 0.29) is 44.6 Å². The second-order valence-corrected chi connectivity index (χ2v) is 9.41. The molecule has 2 aliphatic heterocycles. The average molecular weight is 539 g/mol. The van der Waals surface area contributed by atoms with Crippen LogP contribution >= 0.6 is 0 Å². The number of hydrazine groups is 1. The van der Waals surface area contributed by atoms with E-state index in [4.69, 9.17) is 11.2 Å². The van der Waals surface area contributed by atoms with Gasteiger partial charge in [-0.25, -0.2) is 14.6 Å². The van der Waals surface area contributed by atoms with E-state index in [9.17, 15) is 19.2 Å². The van der Waals surface area contributed by atoms with Gasteiger partial charge in [0.1, 0.15) is 18.8 Å². The van der Waals surface area contributed by atoms with Crippen LogP contribution < -0.4 is 10.6 Å². The molecule has 2 atom stereocenters. The monoisotopic (exact) mass is 538 g/mol. The predicted molar refractivity (Wildman–Crippen MR) is 146 cm³/mol. The summed E-state index contributed by atoms with van der Waals surface area (Å²) in [5, 5.41) is 8.63. The largest absolute Gasteiger partial charge is 0.445 e. The number of nitrogens with one attached hydrogen (secondary N) is 2. The Morgan fingerprint density at radius 2 is 1.97 bits per heavy atom. The zero-order valence-corrected chi connectivity index (χ0v) is 22.5. The molecule has 0 aromatic heterocycles. The van der Waals surface area contributed by atoms with Crippen LogP contribution in [-0.4, -0.2) is 95.3 Å². The van der Waals surface area contributed by atoms with Gasteiger partial charge in [-0.15, -0.1) is 6.42 Å². The van der Waals surface area contributed by atoms with Crippen LogP contribution in [0.1, 0.15) is 38.2 Å². The number of urea groups is 1. The Bertz CT molecular complexity index is 1060. The number of fused-ring (bicyclic) bond motifs is 1. The lowest BCUT2D eigenvalue weighted by Crippen LogP contribution is -2.76. The second-order valence-electron chi connectivity index (χ2n) is 9.41. The number of hydrogen-bond donors (Lipinski definition) is 2. The summed E-state index contributed by atoms with van der Waals surface area (Å²) in [5.74, 6) is 2.11. The molecule has 3 rings (SSSR count). The zero-order valence-electron chi connectivity index (χ0n) is 22.5. The van der Waals surface area contributed by atoms with Gasteiger partial charge < -0.3 is 25.2 Å². The van der Waals surface area contributed by atoms with Gasteiger partial charge in [0.05, 0.1) is 19.6 Å². The zero-order chi connectivity index (χ0) is 28.2. The molecule has 2 fully saturated rings. The molecule has 1 aromatic rings. The molecule has 0 unspecified atom stereocenters. The number of unbranched alkanes of at least 4 members (excludes halogenated alkanes) is 1. The molecule has 2 saturated heterocycles. The number of rotatable bonds is 12. The van der Waals surface area contributed by atoms with Crippen molar-refractivity contribution in [3.05, 3.63) is 48.6 Å². The lowest BCUT2D eigenvalue weighted by Gasteiger charge is -2.55. The van der Waals surface area contributed by atoms with Crippen LogP contribution in [0.15, 0.2) is 43.0 Å². The number of hydrogen-bond acceptors (Lipinski definition) is 6. The van der Waals surface area contributed by atoms with E-state index in [1.807, 2.05) is 37.3 Å². The van der Waals surface area contributed by atoms with Crippen LogP contribution in [0.25, 0.3) is 0 Å². The summed E-state index contributed by atoms with van der Waals surface area (Å²) in [4.78, 5) is 55.5. The van der Waals surface area contributed by atoms with E-state index in [1.54, 1.807) is 9.91 Å². The van der Waals surface area contributed by atoms with Gasteiger partial charge in [-0.05, 0) is 24.8 Å². The van der Waals surface area contributed by atoms with Crippen molar-refractivity contribution in [2.45, 2.75) is 51.4 Å². The molecular weight excluding hydrogens is 500 g/mol. The van der Waals surface area contributed by atoms with Gasteiger partial charge in [-0.2, -0.15) is 5.01 Å². The maximum absolute atomic E-state index is 13.5. The van der Waals surface area contributed by atoms with Gasteiger partial charge in [-0.1, -0.05) is 62.3 Å². The van der Waals surface area contributed by atoms with E-state index in [2.05, 4.69) is 23.1 Å². The molecule has 0 radical (unpaired) electrons. The first-order valence-corrected chi connectivity index (χ1v) is 13.3. The molecule has 2 N–H and O–H groups in total. The number of nitrogens with zero attached hydrogens (tertiary/aromatic N) is 4. The maximum Gasteiger partial charge on any atom is 0.407 e. The summed E-state index contributed by atoms with van der Waals surface area (Å²) in [6.07, 6.45) is 8.22. The molecule has 210 valence electrons. The van der Waals surface area contributed by atoms with Gasteiger partial charge in [0.15, 0.2) is 0 Å². The topological polar surface area (TPSA) is 115 Å². The fraction of sp³-hybridized carbons (Fsp3) is 0.500. The molecule has 2 heterocycles. The molecule has 0 bridgehead atoms. The fourth-order valence-corrected chi connectivity index (χ4v) is 4.79. The molecule has 0 spiro atoms. The van der Waals surface area contributed by atoms with E-state index in [0.29, 0.717) is 25.9 Å². The highest BCUT2D eigenvalue weighted by Gasteiger charge is 2.50. The minimum absolute atomic E-state index is 0.0686. The number of alkyl carbamates (subject to hydrolysis) is 1. The summed E-state index contributed by atoms with van der Waals surface area (Å²) in [6, 6.07) is 8.35. The number of terminal acetylenes is 1. The van der Waals surface area contributed by atoms with Crippen LogP contribution in [-0.2, 0) is 20.9 Å². The van der Waals surface area contributed by atoms with E-state index < -0.39 is 24.3 Å². The average Bonchev–Trinajstić information content (AvgIpc) is 2.93. The number of benzene rings is 1. The molecule has 0 aliphatic carbocycles. The van der Waals surface area contributed by atoms with Gasteiger partial charge in [0.25, 0.3) is 0 Å². The number of ether oxygens (including phenoxy) is 1. The Hall–Kier alpha value is -4.04. The molecule has 1 aromatic carbocycles. The third-order valence-electron chi connectivity index (χ3n) is 6.64. The summed E-state index contributed by atoms with van der Waals surface area (Å²) in [5.41, 5.74) is 0.930. The fourth-order valence-electron chi connectivity index (χ4n) is 4.79. The molecule has 2 aliphatic rings. The normalized spacial score (nSPS) is 19.2. The standard InChI is InChI=1S/C28H38N6O5/c1-4-7-17-31-20-24-33(23(26(31)36)14-11-15-29-28(38)39-18-6-3)25(35)21-32(16-5-2)34(24)27(37)30-19-22-12-9-8-10-13-22/h2,6,8-10,12-13,23-24H,3-4,7,11,14-21H2,1H3,(H,29,38)(H,30,37)/t23-,24-/m0/s1. The van der Waals surface area contributed by atoms with Gasteiger partial charge in [0, 0.05) is 19.6 Å². The van der Waals surface area contributed by atoms with Crippen LogP contribution in [0.3, 0.4) is 0 Å². The highest BCUT2D eigenvalue weighted by atomic mass is 16.5. The Labute approximate surface area is 230 Å². The minimum Gasteiger partial charge on any atom is -0.445 e. The maximum atomic E-state index is 13.5. The number of amides is 5. The highest BCUT2D eigenvalue weighted by Crippen LogP contribution is 2.28. The van der Waals surface area contributed by atoms with E-state index >= 15 is 0 Å². The number of carbonyl (C=O) groups excluding carboxylic acids is 4. The first-order valence-electron chi connectivity index (χ1n) is 13.3. The summed E-state index contributed by atoms with van der Waals surface area (Å²) in [6.45, 7) is 6.87. The van der Waals surface area contributed by atoms with Crippen molar-refractivity contribution >= 4 is 23.9 Å². The van der Waals surface area contributed by atoms with Crippen LogP contribution in [0.5, 0.6) is 0 Å². The van der Waals surface area contributed by atoms with Crippen molar-refractivity contribution in [3.8, 4) is 12.3 Å². The van der Waals surface area contributed by atoms with Gasteiger partial charge in [-0.3, -0.25) is 9.59 Å². The first kappa shape index (κ1) is 29.5. The Morgan fingerprint density at radius 3 is 2.67 bits per heavy atom. The Morgan fingerprint density at radius 1 is 1.21 bits per heavy atom. The summed E-state index contributed by atoms with van der Waals surface area (Å²) >= 11 is 0. The van der Waals surface area contributed by atoms with E-state index in [1.165, 1.54) is 16.0 Å². The SMILES string of the molecule is C#CCN1CC(=O)N2[C@@H](CCCNC(=O)OCC=C)C(=O)N(CCCC)C[C@@H]2N1C(=O)NCc1ccccc1. The van der Waals surface area contributed by atoms with Gasteiger partial charge in [0.2, 0.25) is 11.8 Å². The Kier molecular flexibility index (Phi) is 11.2. The lowest BCUT2D eigenvalue weighted by atomic mass is 10.0. The van der Waals surface area contributed by atoms with Gasteiger partial charge >= 0.3 is 12.1 Å². The molecule has 39 heavy (non-hydrogen) atoms. The smallest absolute Gasteiger partial charge is 0.407 e. The molecule has 11 heteroatoms. The quantitative estimate of drug-likeness (QED) is 0.239. The van der Waals surface area contributed by atoms with Crippen molar-refractivity contribution in [2.75, 3.05) is 39.3 Å². The Balaban J connectivity index is 1.80. The minimum atomic E-state index is -0.767. The summed E-state index contributed by atoms with van der Waals surface area (Å²) < 4.78 is 4.92. The predicted octanol–water partition coefficient (Wildman–Crippen LogP) is 1.92. The van der Waals surface area contributed by atoms with E-state index in [0.717, 1.165) is 18.4 Å². The molecule has 0 saturated carbocycles. The second kappa shape index (κ2) is 14.8. The van der Waals surface area contributed by atoms with Crippen molar-refractivity contribution in [1.29, 1.82) is 0 Å². The van der Waals surface area contributed by atoms with Crippen LogP contribution in [0.4, 0.5) is 9.59 Å². The van der Waals surface area contributed by atoms with Crippen molar-refractivity contribution in [1.82, 2.24) is 30.5 Å². The number of carbonyl (C=O) groups is 4. The van der Waals surface area contributed by atoms with Crippen molar-refractivity contribution < 1.29 is 23.9 Å². The highest BCUT2D eigenvalue weighted by molar-refractivity contribution is 5.91. The third kappa shape index (κ3) is 7.74. The molecule has 11 nitrogen and oxygen atoms in total. The first-order chi connectivity index (χ1) is 18.9. The summed E-state index contributed by atoms with van der Waals surface area (Å²) in [7, 11) is 0. The van der Waals surface area contributed by atoms with Crippen molar-refractivity contribution in [3.63, 3.8) is 0 Å². The van der Waals surface area contributed by atoms with Crippen LogP contribution in [0.2, 0.25) is 0 Å². The van der Waals surface area contributed by atoms with Crippen molar-refractivity contribution in [2.24, 2.45) is 0 Å². The molecular formula is C28H38N6O5. The third-order valence-corrected chi connectivity index (χ3v) is 6.64. The lowest BCUT2D eigenvalue weighted by molar-refractivity contribution is -0.189. The number of piperazine rings is 1. The molecule has 5 amide bonds.